The van der Waals surface area contributed by atoms with Gasteiger partial charge in [-0.05, 0) is 13.3 Å². The van der Waals surface area contributed by atoms with E-state index in [-0.39, 0.29) is 6.42 Å². The minimum absolute atomic E-state index is 0.215. The Morgan fingerprint density at radius 2 is 1.43 bits per heavy atom. The molecule has 14 heavy (non-hydrogen) atoms. The first-order valence-corrected chi connectivity index (χ1v) is 6.01. The van der Waals surface area contributed by atoms with Crippen LogP contribution in [0.15, 0.2) is 0 Å². The van der Waals surface area contributed by atoms with E-state index < -0.39 is 12.6 Å². The number of rotatable bonds is 10. The molecule has 0 aromatic heterocycles. The van der Waals surface area contributed by atoms with E-state index in [1.807, 2.05) is 0 Å². The summed E-state index contributed by atoms with van der Waals surface area (Å²) >= 11 is 0. The van der Waals surface area contributed by atoms with Crippen LogP contribution in [-0.4, -0.2) is 5.78 Å². The molecular formula is C13H26O. The van der Waals surface area contributed by atoms with Crippen LogP contribution in [0.4, 0.5) is 0 Å². The van der Waals surface area contributed by atoms with Crippen LogP contribution in [-0.2, 0) is 4.79 Å². The second-order valence-corrected chi connectivity index (χ2v) is 4.00. The van der Waals surface area contributed by atoms with Crippen LogP contribution in [0.2, 0.25) is 0 Å². The molecule has 0 bridgehead atoms. The van der Waals surface area contributed by atoms with E-state index in [9.17, 15) is 4.79 Å². The lowest BCUT2D eigenvalue weighted by Gasteiger charge is -2.00. The first-order chi connectivity index (χ1) is 7.98. The van der Waals surface area contributed by atoms with Crippen molar-refractivity contribution in [1.29, 1.82) is 0 Å². The second kappa shape index (κ2) is 10.7. The quantitative estimate of drug-likeness (QED) is 0.476. The molecule has 0 aliphatic rings. The predicted octanol–water partition coefficient (Wildman–Crippen LogP) is 4.50. The number of hydrogen-bond acceptors (Lipinski definition) is 1. The van der Waals surface area contributed by atoms with Crippen molar-refractivity contribution in [2.24, 2.45) is 0 Å². The molecule has 84 valence electrons. The van der Waals surface area contributed by atoms with Crippen LogP contribution >= 0.6 is 0 Å². The summed E-state index contributed by atoms with van der Waals surface area (Å²) in [5.74, 6) is -0.583. The van der Waals surface area contributed by atoms with Gasteiger partial charge < -0.3 is 4.79 Å². The summed E-state index contributed by atoms with van der Waals surface area (Å²) in [6, 6.07) is 0. The van der Waals surface area contributed by atoms with Gasteiger partial charge in [-0.15, -0.1) is 0 Å². The summed E-state index contributed by atoms with van der Waals surface area (Å²) in [5, 5.41) is 0. The Morgan fingerprint density at radius 1 is 0.929 bits per heavy atom. The molecule has 0 aliphatic carbocycles. The van der Waals surface area contributed by atoms with Gasteiger partial charge >= 0.3 is 0 Å². The number of carbonyl (C=O) groups is 1. The van der Waals surface area contributed by atoms with Crippen molar-refractivity contribution in [3.63, 3.8) is 0 Å². The van der Waals surface area contributed by atoms with Crippen molar-refractivity contribution in [2.75, 3.05) is 0 Å². The van der Waals surface area contributed by atoms with Gasteiger partial charge in [0.25, 0.3) is 0 Å². The highest BCUT2D eigenvalue weighted by atomic mass is 16.1. The van der Waals surface area contributed by atoms with E-state index in [0.29, 0.717) is 0 Å². The summed E-state index contributed by atoms with van der Waals surface area (Å²) in [4.78, 5) is 11.1. The van der Waals surface area contributed by atoms with E-state index in [4.69, 9.17) is 4.11 Å². The van der Waals surface area contributed by atoms with Crippen LogP contribution in [0.1, 0.15) is 82.1 Å². The zero-order chi connectivity index (χ0) is 13.1. The molecule has 0 aromatic carbocycles. The summed E-state index contributed by atoms with van der Waals surface area (Å²) in [6.45, 7) is -0.178. The van der Waals surface area contributed by atoms with Gasteiger partial charge in [-0.2, -0.15) is 0 Å². The largest absolute Gasteiger partial charge is 0.300 e. The number of carbonyl (C=O) groups excluding carboxylic acids is 1. The van der Waals surface area contributed by atoms with Crippen LogP contribution in [0.5, 0.6) is 0 Å². The molecule has 0 heterocycles. The van der Waals surface area contributed by atoms with E-state index in [1.54, 1.807) is 0 Å². The predicted molar refractivity (Wildman–Crippen MR) is 62.5 cm³/mol. The number of unbranched alkanes of at least 4 members (excludes halogenated alkanes) is 8. The molecule has 0 aliphatic heterocycles. The highest BCUT2D eigenvalue weighted by Crippen LogP contribution is 2.10. The molecule has 0 spiro atoms. The SMILES string of the molecule is [2H]C([2H])([2H])C(=O)CCCCCCCCCCC. The number of hydrogen-bond donors (Lipinski definition) is 0. The average Bonchev–Trinajstić information content (AvgIpc) is 2.25. The molecule has 0 rings (SSSR count). The molecule has 0 saturated heterocycles. The van der Waals surface area contributed by atoms with Crippen molar-refractivity contribution in [3.05, 3.63) is 0 Å². The first-order valence-electron chi connectivity index (χ1n) is 7.51. The first kappa shape index (κ1) is 8.94. The Morgan fingerprint density at radius 3 is 1.93 bits per heavy atom. The summed E-state index contributed by atoms with van der Waals surface area (Å²) in [6.07, 6.45) is 10.8. The maximum atomic E-state index is 11.1. The van der Waals surface area contributed by atoms with E-state index >= 15 is 0 Å². The van der Waals surface area contributed by atoms with Crippen LogP contribution in [0.3, 0.4) is 0 Å². The Kier molecular flexibility index (Phi) is 6.86. The number of ketones is 1. The molecule has 1 heteroatoms. The minimum atomic E-state index is -2.39. The molecule has 0 radical (unpaired) electrons. The molecule has 0 unspecified atom stereocenters. The number of Topliss-reactive ketones (excluding diaryl/α,β-unsaturated/α-hetero) is 1. The lowest BCUT2D eigenvalue weighted by molar-refractivity contribution is -0.117. The molecule has 0 N–H and O–H groups in total. The Hall–Kier alpha value is -0.330. The third-order valence-electron chi connectivity index (χ3n) is 2.51. The van der Waals surface area contributed by atoms with E-state index in [1.165, 1.54) is 38.5 Å². The molecule has 0 atom stereocenters. The lowest BCUT2D eigenvalue weighted by atomic mass is 10.1. The normalized spacial score (nSPS) is 14.5. The fourth-order valence-electron chi connectivity index (χ4n) is 1.60. The molecule has 0 saturated carbocycles. The van der Waals surface area contributed by atoms with Gasteiger partial charge in [0, 0.05) is 10.5 Å². The molecule has 0 fully saturated rings. The lowest BCUT2D eigenvalue weighted by Crippen LogP contribution is -1.89. The van der Waals surface area contributed by atoms with Crippen molar-refractivity contribution in [1.82, 2.24) is 0 Å². The Labute approximate surface area is 93.5 Å². The van der Waals surface area contributed by atoms with E-state index in [0.717, 1.165) is 19.3 Å². The third-order valence-corrected chi connectivity index (χ3v) is 2.51. The van der Waals surface area contributed by atoms with Gasteiger partial charge in [0.2, 0.25) is 0 Å². The Bertz CT molecular complexity index is 199. The van der Waals surface area contributed by atoms with Crippen LogP contribution in [0.25, 0.3) is 0 Å². The molecule has 0 aromatic rings. The smallest absolute Gasteiger partial charge is 0.129 e. The summed E-state index contributed by atoms with van der Waals surface area (Å²) in [5.41, 5.74) is 0. The monoisotopic (exact) mass is 201 g/mol. The maximum Gasteiger partial charge on any atom is 0.129 e. The third kappa shape index (κ3) is 11.7. The van der Waals surface area contributed by atoms with Gasteiger partial charge in [0.1, 0.15) is 5.78 Å². The standard InChI is InChI=1S/C13H26O/c1-3-4-5-6-7-8-9-10-11-12-13(2)14/h3-12H2,1-2H3/i2D3. The van der Waals surface area contributed by atoms with Crippen molar-refractivity contribution < 1.29 is 8.91 Å². The average molecular weight is 201 g/mol. The van der Waals surface area contributed by atoms with Crippen molar-refractivity contribution in [2.45, 2.75) is 78.0 Å². The second-order valence-electron chi connectivity index (χ2n) is 4.00. The van der Waals surface area contributed by atoms with Crippen LogP contribution in [0, 0.1) is 0 Å². The highest BCUT2D eigenvalue weighted by molar-refractivity contribution is 5.75. The van der Waals surface area contributed by atoms with E-state index in [2.05, 4.69) is 6.92 Å². The maximum absolute atomic E-state index is 11.1. The highest BCUT2D eigenvalue weighted by Gasteiger charge is 1.94. The summed E-state index contributed by atoms with van der Waals surface area (Å²) < 4.78 is 20.8. The van der Waals surface area contributed by atoms with Gasteiger partial charge in [0.05, 0.1) is 0 Å². The zero-order valence-corrected chi connectivity index (χ0v) is 9.48. The topological polar surface area (TPSA) is 17.1 Å². The molecular weight excluding hydrogens is 172 g/mol. The van der Waals surface area contributed by atoms with Gasteiger partial charge in [-0.25, -0.2) is 0 Å². The minimum Gasteiger partial charge on any atom is -0.300 e. The Balaban J connectivity index is 3.22. The molecule has 1 nitrogen and oxygen atoms in total. The zero-order valence-electron chi connectivity index (χ0n) is 12.5. The van der Waals surface area contributed by atoms with Gasteiger partial charge in [-0.3, -0.25) is 0 Å². The van der Waals surface area contributed by atoms with Gasteiger partial charge in [0.15, 0.2) is 0 Å². The van der Waals surface area contributed by atoms with Crippen LogP contribution < -0.4 is 0 Å². The fraction of sp³-hybridized carbons (Fsp3) is 0.923. The van der Waals surface area contributed by atoms with Crippen molar-refractivity contribution in [3.8, 4) is 0 Å². The van der Waals surface area contributed by atoms with Gasteiger partial charge in [-0.1, -0.05) is 58.3 Å². The van der Waals surface area contributed by atoms with Crippen molar-refractivity contribution >= 4 is 5.78 Å². The fourth-order valence-corrected chi connectivity index (χ4v) is 1.60. The summed E-state index contributed by atoms with van der Waals surface area (Å²) in [7, 11) is 0. The molecule has 0 amide bonds.